The molecule has 206 valence electrons. The van der Waals surface area contributed by atoms with Gasteiger partial charge in [-0.15, -0.1) is 0 Å². The number of anilines is 2. The Labute approximate surface area is 226 Å². The maximum Gasteiger partial charge on any atom is 0.294 e. The van der Waals surface area contributed by atoms with Crippen LogP contribution in [-0.4, -0.2) is 44.9 Å². The number of aromatic hydroxyl groups is 1. The molecule has 0 aliphatic rings. The van der Waals surface area contributed by atoms with Gasteiger partial charge < -0.3 is 32.5 Å². The smallest absolute Gasteiger partial charge is 0.294 e. The highest BCUT2D eigenvalue weighted by Gasteiger charge is 2.18. The summed E-state index contributed by atoms with van der Waals surface area (Å²) >= 11 is 0. The van der Waals surface area contributed by atoms with Gasteiger partial charge in [0.25, 0.3) is 11.5 Å². The quantitative estimate of drug-likeness (QED) is 0.109. The molecule has 0 aliphatic carbocycles. The molecule has 2 aromatic carbocycles. The zero-order valence-electron chi connectivity index (χ0n) is 22.2. The van der Waals surface area contributed by atoms with Gasteiger partial charge in [-0.25, -0.2) is 4.98 Å². The lowest BCUT2D eigenvalue weighted by molar-refractivity contribution is -0.121. The van der Waals surface area contributed by atoms with Gasteiger partial charge in [0.1, 0.15) is 18.1 Å². The molecule has 0 saturated carbocycles. The highest BCUT2D eigenvalue weighted by atomic mass is 16.3. The van der Waals surface area contributed by atoms with E-state index in [4.69, 9.17) is 16.9 Å². The van der Waals surface area contributed by atoms with Crippen LogP contribution >= 0.6 is 0 Å². The summed E-state index contributed by atoms with van der Waals surface area (Å²) in [5, 5.41) is 26.0. The zero-order chi connectivity index (χ0) is 28.7. The minimum absolute atomic E-state index is 0.0663. The molecule has 0 atom stereocenters. The molecule has 9 N–H and O–H groups in total. The topological polar surface area (TPSA) is 201 Å². The second-order valence-corrected chi connectivity index (χ2v) is 9.32. The van der Waals surface area contributed by atoms with E-state index in [1.807, 2.05) is 20.8 Å². The van der Waals surface area contributed by atoms with Crippen LogP contribution in [0.15, 0.2) is 47.4 Å². The van der Waals surface area contributed by atoms with Crippen molar-refractivity contribution in [1.82, 2.24) is 20.2 Å². The molecule has 1 aromatic heterocycles. The van der Waals surface area contributed by atoms with E-state index < -0.39 is 11.5 Å². The van der Waals surface area contributed by atoms with Crippen LogP contribution < -0.4 is 33.0 Å². The van der Waals surface area contributed by atoms with Gasteiger partial charge in [0.05, 0.1) is 17.5 Å². The van der Waals surface area contributed by atoms with Crippen molar-refractivity contribution in [3.8, 4) is 17.0 Å². The van der Waals surface area contributed by atoms with Crippen LogP contribution in [-0.2, 0) is 17.9 Å². The summed E-state index contributed by atoms with van der Waals surface area (Å²) in [7, 11) is 0. The first-order valence-electron chi connectivity index (χ1n) is 12.5. The molecule has 0 unspecified atom stereocenters. The number of amides is 2. The fourth-order valence-electron chi connectivity index (χ4n) is 3.83. The largest absolute Gasteiger partial charge is 0.507 e. The predicted octanol–water partition coefficient (Wildman–Crippen LogP) is 1.76. The minimum atomic E-state index is -0.515. The van der Waals surface area contributed by atoms with E-state index in [-0.39, 0.29) is 48.0 Å². The molecule has 3 aromatic rings. The minimum Gasteiger partial charge on any atom is -0.507 e. The predicted molar refractivity (Wildman–Crippen MR) is 151 cm³/mol. The number of carbonyl (C=O) groups excluding carboxylic acids is 2. The maximum absolute atomic E-state index is 13.4. The molecule has 0 spiro atoms. The van der Waals surface area contributed by atoms with Gasteiger partial charge in [-0.05, 0) is 56.2 Å². The van der Waals surface area contributed by atoms with Crippen molar-refractivity contribution in [3.05, 3.63) is 69.6 Å². The first-order valence-corrected chi connectivity index (χ1v) is 12.5. The van der Waals surface area contributed by atoms with E-state index >= 15 is 0 Å². The summed E-state index contributed by atoms with van der Waals surface area (Å²) in [5.74, 6) is -1.14. The number of aromatic nitrogens is 2. The Kier molecular flexibility index (Phi) is 9.26. The second kappa shape index (κ2) is 12.6. The van der Waals surface area contributed by atoms with E-state index in [9.17, 15) is 19.5 Å². The zero-order valence-corrected chi connectivity index (χ0v) is 22.2. The summed E-state index contributed by atoms with van der Waals surface area (Å²) in [5.41, 5.74) is 13.2. The second-order valence-electron chi connectivity index (χ2n) is 9.32. The molecule has 39 heavy (non-hydrogen) atoms. The number of hydrogen-bond donors (Lipinski definition) is 7. The lowest BCUT2D eigenvalue weighted by Gasteiger charge is -2.17. The van der Waals surface area contributed by atoms with Gasteiger partial charge in [-0.3, -0.25) is 24.4 Å². The Balaban J connectivity index is 1.94. The average Bonchev–Trinajstić information content (AvgIpc) is 2.87. The fourth-order valence-corrected chi connectivity index (χ4v) is 3.83. The van der Waals surface area contributed by atoms with Crippen molar-refractivity contribution in [2.75, 3.05) is 17.6 Å². The van der Waals surface area contributed by atoms with Gasteiger partial charge >= 0.3 is 0 Å². The average molecular weight is 535 g/mol. The fraction of sp³-hybridized carbons (Fsp3) is 0.296. The first kappa shape index (κ1) is 28.7. The van der Waals surface area contributed by atoms with Gasteiger partial charge in [0, 0.05) is 35.9 Å². The van der Waals surface area contributed by atoms with Gasteiger partial charge in [0.2, 0.25) is 5.91 Å². The van der Waals surface area contributed by atoms with Crippen LogP contribution in [0, 0.1) is 5.41 Å². The molecule has 0 fully saturated rings. The molecular formula is C27H34N8O4. The number of benzene rings is 2. The van der Waals surface area contributed by atoms with Crippen LogP contribution in [0.1, 0.15) is 48.7 Å². The summed E-state index contributed by atoms with van der Waals surface area (Å²) in [6, 6.07) is 9.19. The molecule has 12 heteroatoms. The van der Waals surface area contributed by atoms with Gasteiger partial charge in [-0.2, -0.15) is 0 Å². The molecule has 0 radical (unpaired) electrons. The van der Waals surface area contributed by atoms with E-state index in [0.29, 0.717) is 34.6 Å². The Bertz CT molecular complexity index is 1450. The van der Waals surface area contributed by atoms with Crippen LogP contribution in [0.4, 0.5) is 11.5 Å². The lowest BCUT2D eigenvalue weighted by Crippen LogP contribution is -2.35. The van der Waals surface area contributed by atoms with E-state index in [1.165, 1.54) is 22.9 Å². The monoisotopic (exact) mass is 534 g/mol. The third kappa shape index (κ3) is 7.34. The normalized spacial score (nSPS) is 10.8. The summed E-state index contributed by atoms with van der Waals surface area (Å²) in [6.45, 7) is 5.89. The number of phenols is 1. The Morgan fingerprint density at radius 1 is 1.15 bits per heavy atom. The number of carbonyl (C=O) groups is 2. The third-order valence-electron chi connectivity index (χ3n) is 5.67. The number of nitrogens with zero attached hydrogens (tertiary/aromatic N) is 2. The summed E-state index contributed by atoms with van der Waals surface area (Å²) in [4.78, 5) is 43.2. The SMILES string of the molecule is CCCNC(=O)c1cc(N)cc(-c2cnc(NC(C)C)c(=O)n2CC(=O)NCc2ccc(C(=N)N)c(O)c2)c1. The van der Waals surface area contributed by atoms with Crippen molar-refractivity contribution >= 4 is 29.2 Å². The summed E-state index contributed by atoms with van der Waals surface area (Å²) in [6.07, 6.45) is 2.23. The molecule has 0 aliphatic heterocycles. The van der Waals surface area contributed by atoms with Gasteiger partial charge in [-0.1, -0.05) is 13.0 Å². The Morgan fingerprint density at radius 2 is 1.90 bits per heavy atom. The van der Waals surface area contributed by atoms with Crippen molar-refractivity contribution < 1.29 is 14.7 Å². The number of nitrogen functional groups attached to an aromatic ring is 2. The molecule has 0 bridgehead atoms. The highest BCUT2D eigenvalue weighted by molar-refractivity contribution is 5.97. The Hall–Kier alpha value is -4.87. The lowest BCUT2D eigenvalue weighted by atomic mass is 10.1. The molecule has 0 saturated heterocycles. The van der Waals surface area contributed by atoms with Crippen molar-refractivity contribution in [1.29, 1.82) is 5.41 Å². The van der Waals surface area contributed by atoms with Crippen molar-refractivity contribution in [2.24, 2.45) is 5.73 Å². The van der Waals surface area contributed by atoms with Gasteiger partial charge in [0.15, 0.2) is 5.82 Å². The third-order valence-corrected chi connectivity index (χ3v) is 5.67. The number of rotatable bonds is 11. The molecule has 12 nitrogen and oxygen atoms in total. The first-order chi connectivity index (χ1) is 18.5. The van der Waals surface area contributed by atoms with Crippen molar-refractivity contribution in [3.63, 3.8) is 0 Å². The number of phenolic OH excluding ortho intramolecular Hbond substituents is 1. The number of nitrogens with two attached hydrogens (primary N) is 2. The van der Waals surface area contributed by atoms with E-state index in [2.05, 4.69) is 20.9 Å². The van der Waals surface area contributed by atoms with Crippen LogP contribution in [0.5, 0.6) is 5.75 Å². The summed E-state index contributed by atoms with van der Waals surface area (Å²) < 4.78 is 1.27. The van der Waals surface area contributed by atoms with E-state index in [0.717, 1.165) is 6.42 Å². The van der Waals surface area contributed by atoms with Crippen LogP contribution in [0.3, 0.4) is 0 Å². The number of nitrogens with one attached hydrogen (secondary N) is 4. The Morgan fingerprint density at radius 3 is 2.54 bits per heavy atom. The highest BCUT2D eigenvalue weighted by Crippen LogP contribution is 2.24. The van der Waals surface area contributed by atoms with Crippen LogP contribution in [0.2, 0.25) is 0 Å². The maximum atomic E-state index is 13.4. The number of amidine groups is 1. The van der Waals surface area contributed by atoms with Crippen LogP contribution in [0.25, 0.3) is 11.3 Å². The molecule has 1 heterocycles. The molecular weight excluding hydrogens is 500 g/mol. The van der Waals surface area contributed by atoms with E-state index in [1.54, 1.807) is 24.3 Å². The standard InChI is InChI=1S/C27H34N8O4/c1-4-7-31-26(38)18-9-17(10-19(28)11-18)21-13-33-25(34-15(2)3)27(39)35(21)14-23(37)32-12-16-5-6-20(24(29)30)22(36)8-16/h5-6,8-11,13,15,36H,4,7,12,14,28H2,1-3H3,(H3,29,30)(H,31,38)(H,32,37)(H,33,34). The molecule has 2 amide bonds. The van der Waals surface area contributed by atoms with Crippen molar-refractivity contribution in [2.45, 2.75) is 46.3 Å². The number of hydrogen-bond acceptors (Lipinski definition) is 8. The molecule has 3 rings (SSSR count).